The first-order chi connectivity index (χ1) is 13.6. The topological polar surface area (TPSA) is 81.1 Å². The van der Waals surface area contributed by atoms with Crippen LogP contribution in [-0.2, 0) is 27.6 Å². The van der Waals surface area contributed by atoms with Gasteiger partial charge in [0.1, 0.15) is 22.3 Å². The third-order valence-electron chi connectivity index (χ3n) is 5.23. The van der Waals surface area contributed by atoms with Gasteiger partial charge in [0.05, 0.1) is 6.20 Å². The molecule has 1 aliphatic heterocycles. The summed E-state index contributed by atoms with van der Waals surface area (Å²) in [5, 5.41) is 7.18. The van der Waals surface area contributed by atoms with Crippen LogP contribution < -0.4 is 5.32 Å². The van der Waals surface area contributed by atoms with E-state index < -0.39 is 21.4 Å². The molecule has 1 aromatic carbocycles. The third kappa shape index (κ3) is 4.52. The van der Waals surface area contributed by atoms with Crippen LogP contribution in [0.2, 0.25) is 0 Å². The number of nitrogens with zero attached hydrogens (tertiary/aromatic N) is 2. The highest BCUT2D eigenvalue weighted by atomic mass is 32.2. The Labute approximate surface area is 171 Å². The maximum Gasteiger partial charge on any atom is 0.190 e. The molecule has 0 radical (unpaired) electrons. The van der Waals surface area contributed by atoms with E-state index in [1.54, 1.807) is 4.68 Å². The molecule has 0 amide bonds. The average Bonchev–Trinajstić information content (AvgIpc) is 3.07. The number of ketones is 1. The molecular formula is C21H28FN3O3S. The van der Waals surface area contributed by atoms with Gasteiger partial charge in [-0.1, -0.05) is 27.7 Å². The predicted molar refractivity (Wildman–Crippen MR) is 111 cm³/mol. The molecule has 2 heterocycles. The Morgan fingerprint density at radius 1 is 1.21 bits per heavy atom. The monoisotopic (exact) mass is 421 g/mol. The molecule has 1 N–H and O–H groups in total. The molecule has 0 unspecified atom stereocenters. The Balaban J connectivity index is 1.88. The molecule has 3 rings (SSSR count). The SMILES string of the molecule is CC(C)c1cc(F)cc(C(C)C)c1CC(=O)CS(=O)(=O)c1cnn2c1NCCC2. The fourth-order valence-corrected chi connectivity index (χ4v) is 5.19. The molecule has 2 aromatic rings. The number of halogens is 1. The second-order valence-electron chi connectivity index (χ2n) is 8.21. The maximum absolute atomic E-state index is 14.1. The quantitative estimate of drug-likeness (QED) is 0.738. The van der Waals surface area contributed by atoms with E-state index in [0.29, 0.717) is 18.9 Å². The van der Waals surface area contributed by atoms with E-state index in [0.717, 1.165) is 23.1 Å². The standard InChI is InChI=1S/C21H28FN3O3S/c1-13(2)17-8-15(22)9-18(14(3)4)19(17)10-16(26)12-29(27,28)20-11-24-25-7-5-6-23-21(20)25/h8-9,11,13-14,23H,5-7,10,12H2,1-4H3. The first-order valence-corrected chi connectivity index (χ1v) is 11.6. The number of anilines is 1. The lowest BCUT2D eigenvalue weighted by molar-refractivity contribution is -0.116. The Hall–Kier alpha value is -2.22. The Bertz CT molecular complexity index is 997. The minimum Gasteiger partial charge on any atom is -0.369 e. The van der Waals surface area contributed by atoms with Crippen LogP contribution in [0, 0.1) is 5.82 Å². The van der Waals surface area contributed by atoms with E-state index in [1.807, 2.05) is 27.7 Å². The summed E-state index contributed by atoms with van der Waals surface area (Å²) < 4.78 is 41.5. The van der Waals surface area contributed by atoms with Gasteiger partial charge < -0.3 is 5.32 Å². The van der Waals surface area contributed by atoms with Gasteiger partial charge >= 0.3 is 0 Å². The molecule has 0 bridgehead atoms. The number of Topliss-reactive ketones (excluding diaryl/α,β-unsaturated/α-hetero) is 1. The first-order valence-electron chi connectivity index (χ1n) is 9.96. The zero-order valence-corrected chi connectivity index (χ0v) is 18.1. The summed E-state index contributed by atoms with van der Waals surface area (Å²) in [6, 6.07) is 2.90. The van der Waals surface area contributed by atoms with Crippen LogP contribution in [0.1, 0.15) is 62.6 Å². The normalized spacial score (nSPS) is 14.2. The zero-order valence-electron chi connectivity index (χ0n) is 17.3. The van der Waals surface area contributed by atoms with Crippen molar-refractivity contribution in [1.82, 2.24) is 9.78 Å². The number of nitrogens with one attached hydrogen (secondary N) is 1. The van der Waals surface area contributed by atoms with Crippen LogP contribution in [0.5, 0.6) is 0 Å². The predicted octanol–water partition coefficient (Wildman–Crippen LogP) is 3.67. The number of rotatable bonds is 7. The minimum atomic E-state index is -3.82. The van der Waals surface area contributed by atoms with Gasteiger partial charge in [-0.25, -0.2) is 17.5 Å². The largest absolute Gasteiger partial charge is 0.369 e. The van der Waals surface area contributed by atoms with E-state index in [9.17, 15) is 17.6 Å². The first kappa shape index (κ1) is 21.5. The smallest absolute Gasteiger partial charge is 0.190 e. The molecule has 0 saturated carbocycles. The van der Waals surface area contributed by atoms with Crippen molar-refractivity contribution in [2.45, 2.75) is 63.8 Å². The number of benzene rings is 1. The van der Waals surface area contributed by atoms with Gasteiger partial charge in [0.15, 0.2) is 15.6 Å². The second kappa shape index (κ2) is 8.26. The fraction of sp³-hybridized carbons (Fsp3) is 0.524. The summed E-state index contributed by atoms with van der Waals surface area (Å²) in [6.45, 7) is 9.08. The molecular weight excluding hydrogens is 393 g/mol. The number of sulfone groups is 1. The summed E-state index contributed by atoms with van der Waals surface area (Å²) in [5.41, 5.74) is 2.25. The number of aromatic nitrogens is 2. The molecule has 0 spiro atoms. The number of hydrogen-bond donors (Lipinski definition) is 1. The summed E-state index contributed by atoms with van der Waals surface area (Å²) in [7, 11) is -3.82. The Morgan fingerprint density at radius 2 is 1.83 bits per heavy atom. The molecule has 0 fully saturated rings. The van der Waals surface area contributed by atoms with E-state index in [-0.39, 0.29) is 29.0 Å². The lowest BCUT2D eigenvalue weighted by Gasteiger charge is -2.20. The lowest BCUT2D eigenvalue weighted by atomic mass is 9.86. The van der Waals surface area contributed by atoms with Crippen LogP contribution in [0.4, 0.5) is 10.2 Å². The van der Waals surface area contributed by atoms with E-state index in [2.05, 4.69) is 10.4 Å². The average molecular weight is 422 g/mol. The number of carbonyl (C=O) groups excluding carboxylic acids is 1. The summed E-state index contributed by atoms with van der Waals surface area (Å²) in [5.74, 6) is -0.838. The van der Waals surface area contributed by atoms with Crippen molar-refractivity contribution in [2.75, 3.05) is 17.6 Å². The molecule has 1 aromatic heterocycles. The summed E-state index contributed by atoms with van der Waals surface area (Å²) >= 11 is 0. The van der Waals surface area contributed by atoms with Gasteiger partial charge in [0.25, 0.3) is 0 Å². The van der Waals surface area contributed by atoms with Crippen LogP contribution in [0.3, 0.4) is 0 Å². The summed E-state index contributed by atoms with van der Waals surface area (Å²) in [6.07, 6.45) is 2.15. The lowest BCUT2D eigenvalue weighted by Crippen LogP contribution is -2.23. The number of fused-ring (bicyclic) bond motifs is 1. The van der Waals surface area contributed by atoms with Gasteiger partial charge in [-0.2, -0.15) is 5.10 Å². The van der Waals surface area contributed by atoms with Crippen molar-refractivity contribution in [3.05, 3.63) is 40.8 Å². The van der Waals surface area contributed by atoms with Crippen LogP contribution >= 0.6 is 0 Å². The third-order valence-corrected chi connectivity index (χ3v) is 6.90. The van der Waals surface area contributed by atoms with Crippen LogP contribution in [0.15, 0.2) is 23.2 Å². The highest BCUT2D eigenvalue weighted by molar-refractivity contribution is 7.92. The molecule has 1 aliphatic rings. The molecule has 0 atom stereocenters. The molecule has 6 nitrogen and oxygen atoms in total. The van der Waals surface area contributed by atoms with Crippen molar-refractivity contribution < 1.29 is 17.6 Å². The van der Waals surface area contributed by atoms with Crippen LogP contribution in [0.25, 0.3) is 0 Å². The van der Waals surface area contributed by atoms with Crippen molar-refractivity contribution in [3.8, 4) is 0 Å². The van der Waals surface area contributed by atoms with Gasteiger partial charge in [0.2, 0.25) is 0 Å². The molecule has 8 heteroatoms. The van der Waals surface area contributed by atoms with Gasteiger partial charge in [-0.05, 0) is 47.1 Å². The van der Waals surface area contributed by atoms with E-state index >= 15 is 0 Å². The van der Waals surface area contributed by atoms with E-state index in [4.69, 9.17) is 0 Å². The maximum atomic E-state index is 14.1. The van der Waals surface area contributed by atoms with Gasteiger partial charge in [0, 0.05) is 19.5 Å². The number of hydrogen-bond acceptors (Lipinski definition) is 5. The molecule has 29 heavy (non-hydrogen) atoms. The number of carbonyl (C=O) groups is 1. The minimum absolute atomic E-state index is 0.0227. The van der Waals surface area contributed by atoms with Gasteiger partial charge in [-0.15, -0.1) is 0 Å². The Kier molecular flexibility index (Phi) is 6.12. The van der Waals surface area contributed by atoms with Crippen molar-refractivity contribution >= 4 is 21.4 Å². The summed E-state index contributed by atoms with van der Waals surface area (Å²) in [4.78, 5) is 12.9. The highest BCUT2D eigenvalue weighted by Crippen LogP contribution is 2.30. The highest BCUT2D eigenvalue weighted by Gasteiger charge is 2.28. The van der Waals surface area contributed by atoms with Crippen molar-refractivity contribution in [1.29, 1.82) is 0 Å². The van der Waals surface area contributed by atoms with Crippen LogP contribution in [-0.4, -0.2) is 36.3 Å². The number of aryl methyl sites for hydroxylation is 1. The molecule has 158 valence electrons. The Morgan fingerprint density at radius 3 is 2.41 bits per heavy atom. The van der Waals surface area contributed by atoms with Crippen molar-refractivity contribution in [2.24, 2.45) is 0 Å². The zero-order chi connectivity index (χ0) is 21.3. The fourth-order valence-electron chi connectivity index (χ4n) is 3.83. The van der Waals surface area contributed by atoms with Crippen molar-refractivity contribution in [3.63, 3.8) is 0 Å². The molecule has 0 aliphatic carbocycles. The second-order valence-corrected chi connectivity index (χ2v) is 10.2. The van der Waals surface area contributed by atoms with Gasteiger partial charge in [-0.3, -0.25) is 4.79 Å². The molecule has 0 saturated heterocycles. The van der Waals surface area contributed by atoms with E-state index in [1.165, 1.54) is 18.3 Å².